The molecule has 6 heteroatoms. The fourth-order valence-corrected chi connectivity index (χ4v) is 2.74. The Morgan fingerprint density at radius 3 is 2.17 bits per heavy atom. The zero-order valence-corrected chi connectivity index (χ0v) is 15.6. The van der Waals surface area contributed by atoms with Crippen LogP contribution in [-0.2, 0) is 9.53 Å². The normalized spacial score (nSPS) is 10.3. The van der Waals surface area contributed by atoms with E-state index in [2.05, 4.69) is 5.32 Å². The average molecular weight is 391 g/mol. The van der Waals surface area contributed by atoms with Crippen LogP contribution in [0.2, 0.25) is 0 Å². The van der Waals surface area contributed by atoms with Crippen LogP contribution in [0.15, 0.2) is 72.8 Å². The monoisotopic (exact) mass is 391 g/mol. The highest BCUT2D eigenvalue weighted by atomic mass is 19.1. The summed E-state index contributed by atoms with van der Waals surface area (Å²) in [4.78, 5) is 35.3. The minimum absolute atomic E-state index is 0.216. The Labute approximate surface area is 167 Å². The maximum atomic E-state index is 14.1. The molecule has 0 atom stereocenters. The molecule has 0 aliphatic carbocycles. The van der Waals surface area contributed by atoms with E-state index in [4.69, 9.17) is 4.74 Å². The number of hydrogen-bond donors (Lipinski definition) is 1. The van der Waals surface area contributed by atoms with Crippen LogP contribution in [0, 0.1) is 5.82 Å². The van der Waals surface area contributed by atoms with Crippen LogP contribution in [0.4, 0.5) is 10.1 Å². The second kappa shape index (κ2) is 8.93. The van der Waals surface area contributed by atoms with Crippen molar-refractivity contribution in [2.24, 2.45) is 0 Å². The third kappa shape index (κ3) is 5.13. The number of amides is 1. The molecule has 0 spiro atoms. The number of benzene rings is 3. The predicted octanol–water partition coefficient (Wildman–Crippen LogP) is 4.49. The summed E-state index contributed by atoms with van der Waals surface area (Å²) in [5, 5.41) is 2.42. The molecule has 0 saturated carbocycles. The molecular weight excluding hydrogens is 373 g/mol. The Balaban J connectivity index is 1.61. The van der Waals surface area contributed by atoms with Crippen molar-refractivity contribution in [3.63, 3.8) is 0 Å². The first-order valence-corrected chi connectivity index (χ1v) is 8.87. The minimum Gasteiger partial charge on any atom is -0.454 e. The molecule has 0 saturated heterocycles. The van der Waals surface area contributed by atoms with E-state index in [1.807, 2.05) is 30.3 Å². The van der Waals surface area contributed by atoms with Gasteiger partial charge in [-0.15, -0.1) is 0 Å². The topological polar surface area (TPSA) is 72.5 Å². The summed E-state index contributed by atoms with van der Waals surface area (Å²) >= 11 is 0. The van der Waals surface area contributed by atoms with E-state index >= 15 is 0 Å². The van der Waals surface area contributed by atoms with Crippen LogP contribution in [0.3, 0.4) is 0 Å². The third-order valence-electron chi connectivity index (χ3n) is 4.15. The number of halogens is 1. The molecule has 0 fully saturated rings. The highest BCUT2D eigenvalue weighted by Crippen LogP contribution is 2.20. The minimum atomic E-state index is -0.801. The van der Waals surface area contributed by atoms with Crippen LogP contribution in [0.25, 0.3) is 11.1 Å². The van der Waals surface area contributed by atoms with Crippen molar-refractivity contribution in [2.75, 3.05) is 11.9 Å². The van der Waals surface area contributed by atoms with Gasteiger partial charge in [0.15, 0.2) is 6.61 Å². The Hall–Kier alpha value is -3.80. The molecule has 146 valence electrons. The molecule has 1 amide bonds. The third-order valence-corrected chi connectivity index (χ3v) is 4.15. The van der Waals surface area contributed by atoms with Crippen molar-refractivity contribution in [3.05, 3.63) is 89.7 Å². The molecule has 3 aromatic carbocycles. The Bertz CT molecular complexity index is 1050. The van der Waals surface area contributed by atoms with Gasteiger partial charge in [0.25, 0.3) is 0 Å². The van der Waals surface area contributed by atoms with Crippen molar-refractivity contribution >= 4 is 23.3 Å². The van der Waals surface area contributed by atoms with Gasteiger partial charge >= 0.3 is 5.97 Å². The van der Waals surface area contributed by atoms with Gasteiger partial charge in [-0.3, -0.25) is 9.59 Å². The van der Waals surface area contributed by atoms with E-state index in [9.17, 15) is 18.8 Å². The number of carbonyl (C=O) groups is 3. The lowest BCUT2D eigenvalue weighted by Crippen LogP contribution is -2.16. The van der Waals surface area contributed by atoms with Gasteiger partial charge in [-0.25, -0.2) is 9.18 Å². The number of esters is 1. The van der Waals surface area contributed by atoms with E-state index in [1.165, 1.54) is 19.1 Å². The largest absolute Gasteiger partial charge is 0.454 e. The maximum absolute atomic E-state index is 14.1. The Morgan fingerprint density at radius 1 is 0.897 bits per heavy atom. The van der Waals surface area contributed by atoms with E-state index in [0.717, 1.165) is 17.2 Å². The highest BCUT2D eigenvalue weighted by molar-refractivity contribution is 6.00. The first-order valence-electron chi connectivity index (χ1n) is 8.87. The first kappa shape index (κ1) is 19.9. The molecule has 0 aliphatic rings. The van der Waals surface area contributed by atoms with Crippen molar-refractivity contribution in [2.45, 2.75) is 6.92 Å². The molecule has 0 aliphatic heterocycles. The molecule has 1 N–H and O–H groups in total. The number of hydrogen-bond acceptors (Lipinski definition) is 4. The van der Waals surface area contributed by atoms with Gasteiger partial charge in [-0.2, -0.15) is 0 Å². The van der Waals surface area contributed by atoms with E-state index < -0.39 is 24.2 Å². The molecule has 5 nitrogen and oxygen atoms in total. The zero-order chi connectivity index (χ0) is 20.8. The number of rotatable bonds is 6. The van der Waals surface area contributed by atoms with Crippen LogP contribution >= 0.6 is 0 Å². The fourth-order valence-electron chi connectivity index (χ4n) is 2.74. The van der Waals surface area contributed by atoms with Crippen molar-refractivity contribution < 1.29 is 23.5 Å². The average Bonchev–Trinajstić information content (AvgIpc) is 2.72. The van der Waals surface area contributed by atoms with Gasteiger partial charge in [-0.1, -0.05) is 42.5 Å². The predicted molar refractivity (Wildman–Crippen MR) is 107 cm³/mol. The lowest BCUT2D eigenvalue weighted by molar-refractivity contribution is -0.114. The summed E-state index contributed by atoms with van der Waals surface area (Å²) in [6, 6.07) is 20.2. The first-order chi connectivity index (χ1) is 13.9. The number of ether oxygens (including phenoxy) is 1. The van der Waals surface area contributed by atoms with Crippen LogP contribution in [0.5, 0.6) is 0 Å². The van der Waals surface area contributed by atoms with Gasteiger partial charge in [-0.05, 0) is 41.5 Å². The summed E-state index contributed by atoms with van der Waals surface area (Å²) in [6.07, 6.45) is 0. The van der Waals surface area contributed by atoms with E-state index in [-0.39, 0.29) is 17.2 Å². The van der Waals surface area contributed by atoms with Gasteiger partial charge in [0.1, 0.15) is 5.82 Å². The molecule has 0 unspecified atom stereocenters. The van der Waals surface area contributed by atoms with Gasteiger partial charge in [0.2, 0.25) is 11.7 Å². The quantitative estimate of drug-likeness (QED) is 0.496. The second-order valence-electron chi connectivity index (χ2n) is 6.32. The SMILES string of the molecule is CC(=O)Nc1ccc(C(=O)COC(=O)c2ccc(-c3ccccc3)cc2)c(F)c1. The standard InChI is InChI=1S/C23H18FNO4/c1-15(26)25-19-11-12-20(21(24)13-19)22(27)14-29-23(28)18-9-7-17(8-10-18)16-5-3-2-4-6-16/h2-13H,14H2,1H3,(H,25,26). The van der Waals surface area contributed by atoms with Crippen LogP contribution < -0.4 is 5.32 Å². The fraction of sp³-hybridized carbons (Fsp3) is 0.0870. The lowest BCUT2D eigenvalue weighted by Gasteiger charge is -2.08. The summed E-state index contributed by atoms with van der Waals surface area (Å²) in [7, 11) is 0. The summed E-state index contributed by atoms with van der Waals surface area (Å²) < 4.78 is 19.1. The number of anilines is 1. The van der Waals surface area contributed by atoms with Crippen molar-refractivity contribution in [1.29, 1.82) is 0 Å². The molecule has 0 bridgehead atoms. The number of ketones is 1. The van der Waals surface area contributed by atoms with Gasteiger partial charge in [0.05, 0.1) is 11.1 Å². The molecular formula is C23H18FNO4. The smallest absolute Gasteiger partial charge is 0.338 e. The van der Waals surface area contributed by atoms with E-state index in [0.29, 0.717) is 5.56 Å². The highest BCUT2D eigenvalue weighted by Gasteiger charge is 2.16. The molecule has 3 rings (SSSR count). The summed E-state index contributed by atoms with van der Waals surface area (Å²) in [5.74, 6) is -2.50. The molecule has 0 radical (unpaired) electrons. The van der Waals surface area contributed by atoms with Gasteiger partial charge in [0, 0.05) is 12.6 Å². The van der Waals surface area contributed by atoms with E-state index in [1.54, 1.807) is 24.3 Å². The van der Waals surface area contributed by atoms with Gasteiger partial charge < -0.3 is 10.1 Å². The molecule has 0 heterocycles. The number of nitrogens with one attached hydrogen (secondary N) is 1. The summed E-state index contributed by atoms with van der Waals surface area (Å²) in [5.41, 5.74) is 2.27. The maximum Gasteiger partial charge on any atom is 0.338 e. The molecule has 0 aromatic heterocycles. The molecule has 3 aromatic rings. The van der Waals surface area contributed by atoms with Crippen LogP contribution in [-0.4, -0.2) is 24.3 Å². The number of carbonyl (C=O) groups excluding carboxylic acids is 3. The Morgan fingerprint density at radius 2 is 1.55 bits per heavy atom. The van der Waals surface area contributed by atoms with Crippen LogP contribution in [0.1, 0.15) is 27.6 Å². The second-order valence-corrected chi connectivity index (χ2v) is 6.32. The lowest BCUT2D eigenvalue weighted by atomic mass is 10.0. The zero-order valence-electron chi connectivity index (χ0n) is 15.6. The molecule has 29 heavy (non-hydrogen) atoms. The van der Waals surface area contributed by atoms with Crippen molar-refractivity contribution in [1.82, 2.24) is 0 Å². The number of Topliss-reactive ketones (excluding diaryl/α,β-unsaturated/α-hetero) is 1. The Kier molecular flexibility index (Phi) is 6.14. The van der Waals surface area contributed by atoms with Crippen molar-refractivity contribution in [3.8, 4) is 11.1 Å². The summed E-state index contributed by atoms with van der Waals surface area (Å²) in [6.45, 7) is 0.707.